The van der Waals surface area contributed by atoms with Crippen molar-refractivity contribution in [3.8, 4) is 0 Å². The maximum atomic E-state index is 12.6. The summed E-state index contributed by atoms with van der Waals surface area (Å²) < 4.78 is 0. The molecule has 1 amide bonds. The van der Waals surface area contributed by atoms with Crippen molar-refractivity contribution in [3.05, 3.63) is 29.3 Å². The van der Waals surface area contributed by atoms with Crippen molar-refractivity contribution in [2.75, 3.05) is 31.1 Å². The van der Waals surface area contributed by atoms with Crippen LogP contribution in [0.5, 0.6) is 0 Å². The highest BCUT2D eigenvalue weighted by Crippen LogP contribution is 2.59. The summed E-state index contributed by atoms with van der Waals surface area (Å²) in [5, 5.41) is 0. The molecular formula is C23H31BN2O2. The van der Waals surface area contributed by atoms with E-state index in [4.69, 9.17) is 0 Å². The summed E-state index contributed by atoms with van der Waals surface area (Å²) in [7, 11) is 1.67. The van der Waals surface area contributed by atoms with Crippen molar-refractivity contribution in [2.24, 2.45) is 17.3 Å². The van der Waals surface area contributed by atoms with Crippen LogP contribution in [0.2, 0.25) is 0 Å². The predicted octanol–water partition coefficient (Wildman–Crippen LogP) is 2.99. The first-order valence-electron chi connectivity index (χ1n) is 11.1. The average Bonchev–Trinajstić information content (AvgIpc) is 3.02. The summed E-state index contributed by atoms with van der Waals surface area (Å²) >= 11 is 0. The van der Waals surface area contributed by atoms with Crippen LogP contribution in [0.25, 0.3) is 0 Å². The fraction of sp³-hybridized carbons (Fsp3) is 0.652. The number of ketones is 1. The molecule has 2 saturated carbocycles. The molecular weight excluding hydrogens is 347 g/mol. The minimum absolute atomic E-state index is 0.0424. The molecule has 1 heterocycles. The molecule has 28 heavy (non-hydrogen) atoms. The second-order valence-corrected chi connectivity index (χ2v) is 9.71. The first-order chi connectivity index (χ1) is 13.5. The SMILES string of the molecule is BC(=O)N1CCN(c2ccc3c(c2)[C@H]2CC[C@]4(C)C(=O)CC[C@H]4[C@@H]2CC3)CC1. The molecule has 0 bridgehead atoms. The van der Waals surface area contributed by atoms with Crippen LogP contribution in [0.4, 0.5) is 10.5 Å². The third-order valence-electron chi connectivity index (χ3n) is 8.51. The molecule has 5 heteroatoms. The monoisotopic (exact) mass is 378 g/mol. The second-order valence-electron chi connectivity index (χ2n) is 9.71. The van der Waals surface area contributed by atoms with Gasteiger partial charge in [-0.25, -0.2) is 0 Å². The van der Waals surface area contributed by atoms with Gasteiger partial charge in [-0.2, -0.15) is 0 Å². The number of amides is 1. The van der Waals surface area contributed by atoms with Crippen LogP contribution in [0, 0.1) is 17.3 Å². The maximum absolute atomic E-state index is 12.6. The number of rotatable bonds is 1. The molecule has 1 aromatic carbocycles. The summed E-state index contributed by atoms with van der Waals surface area (Å²) in [5.41, 5.74) is 4.36. The zero-order chi connectivity index (χ0) is 19.5. The molecule has 4 nitrogen and oxygen atoms in total. The largest absolute Gasteiger partial charge is 0.368 e. The van der Waals surface area contributed by atoms with E-state index in [1.165, 1.54) is 17.7 Å². The van der Waals surface area contributed by atoms with Gasteiger partial charge in [0.1, 0.15) is 5.78 Å². The van der Waals surface area contributed by atoms with Gasteiger partial charge in [-0.3, -0.25) is 9.59 Å². The second kappa shape index (κ2) is 6.64. The van der Waals surface area contributed by atoms with Gasteiger partial charge in [-0.15, -0.1) is 0 Å². The molecule has 0 N–H and O–H groups in total. The Morgan fingerprint density at radius 3 is 2.64 bits per heavy atom. The lowest BCUT2D eigenvalue weighted by Gasteiger charge is -2.48. The number of anilines is 1. The van der Waals surface area contributed by atoms with E-state index in [0.29, 0.717) is 23.5 Å². The highest BCUT2D eigenvalue weighted by Gasteiger charge is 2.54. The Balaban J connectivity index is 1.39. The summed E-state index contributed by atoms with van der Waals surface area (Å²) in [6.45, 7) is 5.73. The first-order valence-corrected chi connectivity index (χ1v) is 11.1. The summed E-state index contributed by atoms with van der Waals surface area (Å²) in [6.07, 6.45) is 6.56. The Bertz CT molecular complexity index is 817. The topological polar surface area (TPSA) is 40.6 Å². The fourth-order valence-electron chi connectivity index (χ4n) is 6.80. The van der Waals surface area contributed by atoms with Crippen LogP contribution < -0.4 is 4.90 Å². The summed E-state index contributed by atoms with van der Waals surface area (Å²) in [4.78, 5) is 28.6. The molecule has 148 valence electrons. The predicted molar refractivity (Wildman–Crippen MR) is 114 cm³/mol. The number of aryl methyl sites for hydroxylation is 1. The van der Waals surface area contributed by atoms with E-state index in [1.807, 2.05) is 4.90 Å². The van der Waals surface area contributed by atoms with Crippen molar-refractivity contribution in [1.29, 1.82) is 0 Å². The Labute approximate surface area is 169 Å². The van der Waals surface area contributed by atoms with Gasteiger partial charge >= 0.3 is 0 Å². The van der Waals surface area contributed by atoms with Gasteiger partial charge in [0.05, 0.1) is 0 Å². The van der Waals surface area contributed by atoms with Crippen LogP contribution in [-0.4, -0.2) is 50.5 Å². The smallest absolute Gasteiger partial charge is 0.215 e. The number of benzene rings is 1. The third-order valence-corrected chi connectivity index (χ3v) is 8.51. The molecule has 1 saturated heterocycles. The number of Topliss-reactive ketones (excluding diaryl/α,β-unsaturated/α-hetero) is 1. The van der Waals surface area contributed by atoms with Crippen LogP contribution in [0.3, 0.4) is 0 Å². The number of fused-ring (bicyclic) bond motifs is 5. The molecule has 0 aromatic heterocycles. The lowest BCUT2D eigenvalue weighted by atomic mass is 9.55. The number of nitrogens with zero attached hydrogens (tertiary/aromatic N) is 2. The quantitative estimate of drug-likeness (QED) is 0.706. The molecule has 1 aliphatic heterocycles. The fourth-order valence-corrected chi connectivity index (χ4v) is 6.80. The van der Waals surface area contributed by atoms with Crippen molar-refractivity contribution >= 4 is 25.1 Å². The van der Waals surface area contributed by atoms with Crippen LogP contribution in [0.1, 0.15) is 56.1 Å². The van der Waals surface area contributed by atoms with Crippen molar-refractivity contribution in [2.45, 2.75) is 51.4 Å². The highest BCUT2D eigenvalue weighted by atomic mass is 16.2. The molecule has 3 fully saturated rings. The Hall–Kier alpha value is -1.78. The molecule has 4 aliphatic rings. The highest BCUT2D eigenvalue weighted by molar-refractivity contribution is 6.56. The number of carbonyl (C=O) groups excluding carboxylic acids is 2. The summed E-state index contributed by atoms with van der Waals surface area (Å²) in [6, 6.07) is 7.09. The van der Waals surface area contributed by atoms with Gasteiger partial charge in [0, 0.05) is 43.7 Å². The molecule has 3 aliphatic carbocycles. The Morgan fingerprint density at radius 2 is 1.89 bits per heavy atom. The number of hydrogen-bond donors (Lipinski definition) is 0. The van der Waals surface area contributed by atoms with Gasteiger partial charge in [0.15, 0.2) is 5.81 Å². The molecule has 1 aromatic rings. The van der Waals surface area contributed by atoms with E-state index >= 15 is 0 Å². The van der Waals surface area contributed by atoms with E-state index in [-0.39, 0.29) is 11.2 Å². The number of carbonyl (C=O) groups is 2. The van der Waals surface area contributed by atoms with Crippen LogP contribution in [-0.2, 0) is 11.2 Å². The van der Waals surface area contributed by atoms with E-state index < -0.39 is 0 Å². The Kier molecular flexibility index (Phi) is 4.33. The number of hydrogen-bond acceptors (Lipinski definition) is 3. The molecule has 0 spiro atoms. The van der Waals surface area contributed by atoms with Crippen molar-refractivity contribution in [3.63, 3.8) is 0 Å². The molecule has 5 rings (SSSR count). The zero-order valence-corrected chi connectivity index (χ0v) is 17.2. The lowest BCUT2D eigenvalue weighted by molar-refractivity contribution is -0.129. The zero-order valence-electron chi connectivity index (χ0n) is 17.2. The van der Waals surface area contributed by atoms with Crippen LogP contribution in [0.15, 0.2) is 18.2 Å². The van der Waals surface area contributed by atoms with Gasteiger partial charge < -0.3 is 9.80 Å². The molecule has 0 radical (unpaired) electrons. The minimum Gasteiger partial charge on any atom is -0.368 e. The Morgan fingerprint density at radius 1 is 1.11 bits per heavy atom. The average molecular weight is 378 g/mol. The van der Waals surface area contributed by atoms with Gasteiger partial charge in [-0.1, -0.05) is 13.0 Å². The lowest BCUT2D eigenvalue weighted by Crippen LogP contribution is -2.48. The third kappa shape index (κ3) is 2.73. The van der Waals surface area contributed by atoms with E-state index in [9.17, 15) is 9.59 Å². The van der Waals surface area contributed by atoms with Crippen LogP contribution >= 0.6 is 0 Å². The normalized spacial score (nSPS) is 34.6. The van der Waals surface area contributed by atoms with E-state index in [0.717, 1.165) is 58.3 Å². The van der Waals surface area contributed by atoms with E-state index in [1.54, 1.807) is 13.4 Å². The van der Waals surface area contributed by atoms with Gasteiger partial charge in [-0.05, 0) is 73.1 Å². The summed E-state index contributed by atoms with van der Waals surface area (Å²) in [5.74, 6) is 2.62. The van der Waals surface area contributed by atoms with Crippen molar-refractivity contribution < 1.29 is 9.59 Å². The van der Waals surface area contributed by atoms with E-state index in [2.05, 4.69) is 30.0 Å². The molecule has 4 atom stereocenters. The minimum atomic E-state index is -0.0424. The van der Waals surface area contributed by atoms with Crippen molar-refractivity contribution in [1.82, 2.24) is 4.90 Å². The van der Waals surface area contributed by atoms with Gasteiger partial charge in [0.25, 0.3) is 0 Å². The number of piperazine rings is 1. The first kappa shape index (κ1) is 18.3. The van der Waals surface area contributed by atoms with Gasteiger partial charge in [0.2, 0.25) is 7.85 Å². The maximum Gasteiger partial charge on any atom is 0.215 e. The molecule has 0 unspecified atom stereocenters. The standard InChI is InChI=1S/C23H31BN2O2/c1-23-9-8-17-18(20(23)6-7-21(23)27)5-3-15-2-4-16(14-19(15)17)25-10-12-26(13-11-25)22(24)28/h2,4,14,17-18,20H,3,5-13,24H2,1H3/t17-,18+,20-,23-/m0/s1.